The molecule has 0 aromatic rings. The molecule has 0 spiro atoms. The van der Waals surface area contributed by atoms with Crippen LogP contribution in [-0.4, -0.2) is 77.2 Å². The third kappa shape index (κ3) is 9.68. The summed E-state index contributed by atoms with van der Waals surface area (Å²) in [5, 5.41) is 25.8. The highest BCUT2D eigenvalue weighted by atomic mass is 16.4. The summed E-state index contributed by atoms with van der Waals surface area (Å²) >= 11 is 0. The third-order valence-corrected chi connectivity index (χ3v) is 3.58. The Balaban J connectivity index is 4.92. The number of carbonyl (C=O) groups excluding carboxylic acids is 3. The Morgan fingerprint density at radius 3 is 2.11 bits per heavy atom. The molecule has 160 valence electrons. The maximum Gasteiger partial charge on any atom is 0.326 e. The molecule has 0 aromatic carbocycles. The van der Waals surface area contributed by atoms with Gasteiger partial charge in [-0.3, -0.25) is 19.4 Å². The molecular formula is C15H29N7O6. The van der Waals surface area contributed by atoms with Gasteiger partial charge in [-0.05, 0) is 26.7 Å². The first-order valence-electron chi connectivity index (χ1n) is 8.56. The molecule has 3 amide bonds. The van der Waals surface area contributed by atoms with Crippen molar-refractivity contribution in [1.82, 2.24) is 16.0 Å². The lowest BCUT2D eigenvalue weighted by Gasteiger charge is -2.24. The zero-order chi connectivity index (χ0) is 21.9. The molecule has 0 saturated carbocycles. The zero-order valence-electron chi connectivity index (χ0n) is 15.8. The third-order valence-electron chi connectivity index (χ3n) is 3.58. The average Bonchev–Trinajstić information content (AvgIpc) is 2.60. The molecule has 0 rings (SSSR count). The molecule has 4 unspecified atom stereocenters. The molecule has 0 bridgehead atoms. The van der Waals surface area contributed by atoms with Gasteiger partial charge >= 0.3 is 5.97 Å². The number of carboxylic acid groups (broad SMARTS) is 1. The Morgan fingerprint density at radius 2 is 1.64 bits per heavy atom. The Kier molecular flexibility index (Phi) is 11.2. The van der Waals surface area contributed by atoms with Gasteiger partial charge in [0.2, 0.25) is 17.7 Å². The summed E-state index contributed by atoms with van der Waals surface area (Å²) in [6, 6.07) is -3.71. The van der Waals surface area contributed by atoms with E-state index in [1.807, 2.05) is 0 Å². The fourth-order valence-corrected chi connectivity index (χ4v) is 2.07. The number of aliphatic imine (C=N–C) groups is 1. The molecule has 0 saturated heterocycles. The number of rotatable bonds is 12. The molecule has 11 N–H and O–H groups in total. The van der Waals surface area contributed by atoms with Crippen molar-refractivity contribution in [3.05, 3.63) is 0 Å². The number of nitrogens with zero attached hydrogens (tertiary/aromatic N) is 1. The first-order valence-corrected chi connectivity index (χ1v) is 8.56. The van der Waals surface area contributed by atoms with Crippen LogP contribution in [0.4, 0.5) is 0 Å². The van der Waals surface area contributed by atoms with Crippen LogP contribution in [0.1, 0.15) is 26.7 Å². The number of aliphatic hydroxyl groups excluding tert-OH is 1. The first-order chi connectivity index (χ1) is 13.0. The van der Waals surface area contributed by atoms with Gasteiger partial charge < -0.3 is 43.4 Å². The predicted octanol–water partition coefficient (Wildman–Crippen LogP) is -4.06. The monoisotopic (exact) mass is 403 g/mol. The van der Waals surface area contributed by atoms with E-state index in [0.29, 0.717) is 0 Å². The topological polar surface area (TPSA) is 235 Å². The minimum Gasteiger partial charge on any atom is -0.480 e. The smallest absolute Gasteiger partial charge is 0.326 e. The molecule has 4 atom stereocenters. The van der Waals surface area contributed by atoms with Crippen molar-refractivity contribution in [1.29, 1.82) is 0 Å². The molecule has 0 aliphatic rings. The maximum absolute atomic E-state index is 12.4. The van der Waals surface area contributed by atoms with E-state index < -0.39 is 47.9 Å². The normalized spacial score (nSPS) is 14.7. The molecule has 28 heavy (non-hydrogen) atoms. The largest absolute Gasteiger partial charge is 0.480 e. The van der Waals surface area contributed by atoms with Gasteiger partial charge in [0.15, 0.2) is 5.96 Å². The van der Waals surface area contributed by atoms with E-state index in [-0.39, 0.29) is 31.9 Å². The zero-order valence-corrected chi connectivity index (χ0v) is 15.8. The molecule has 0 radical (unpaired) electrons. The van der Waals surface area contributed by atoms with Crippen LogP contribution in [0.15, 0.2) is 4.99 Å². The van der Waals surface area contributed by atoms with Gasteiger partial charge in [0.25, 0.3) is 0 Å². The number of hydrogen-bond acceptors (Lipinski definition) is 7. The number of aliphatic carboxylic acids is 1. The van der Waals surface area contributed by atoms with E-state index >= 15 is 0 Å². The Bertz CT molecular complexity index is 591. The van der Waals surface area contributed by atoms with Crippen LogP contribution in [0.25, 0.3) is 0 Å². The molecule has 0 aromatic heterocycles. The lowest BCUT2D eigenvalue weighted by atomic mass is 10.1. The Labute approximate surface area is 162 Å². The van der Waals surface area contributed by atoms with Crippen molar-refractivity contribution in [3.63, 3.8) is 0 Å². The van der Waals surface area contributed by atoms with Crippen LogP contribution in [0, 0.1) is 0 Å². The number of aliphatic hydroxyl groups is 1. The van der Waals surface area contributed by atoms with E-state index in [2.05, 4.69) is 20.9 Å². The minimum atomic E-state index is -1.43. The second-order valence-corrected chi connectivity index (χ2v) is 6.07. The van der Waals surface area contributed by atoms with Crippen LogP contribution in [-0.2, 0) is 19.2 Å². The number of carbonyl (C=O) groups is 4. The van der Waals surface area contributed by atoms with E-state index in [9.17, 15) is 29.4 Å². The maximum atomic E-state index is 12.4. The van der Waals surface area contributed by atoms with Crippen molar-refractivity contribution >= 4 is 29.7 Å². The standard InChI is InChI=1S/C15H29N7O6/c1-7(20-10(24)6-16)12(25)22-11(8(2)23)13(26)21-9(14(27)28)4-3-5-19-15(17)18/h7-9,11,23H,3-6,16H2,1-2H3,(H,20,24)(H,21,26)(H,22,25)(H,27,28)(H4,17,18,19). The van der Waals surface area contributed by atoms with Crippen molar-refractivity contribution in [2.75, 3.05) is 13.1 Å². The van der Waals surface area contributed by atoms with Crippen molar-refractivity contribution in [3.8, 4) is 0 Å². The predicted molar refractivity (Wildman–Crippen MR) is 99.7 cm³/mol. The highest BCUT2D eigenvalue weighted by Crippen LogP contribution is 2.02. The fraction of sp³-hybridized carbons (Fsp3) is 0.667. The summed E-state index contributed by atoms with van der Waals surface area (Å²) in [5.41, 5.74) is 15.5. The van der Waals surface area contributed by atoms with Gasteiger partial charge in [-0.2, -0.15) is 0 Å². The van der Waals surface area contributed by atoms with Gasteiger partial charge in [-0.15, -0.1) is 0 Å². The molecule has 0 aliphatic carbocycles. The molecule has 0 fully saturated rings. The lowest BCUT2D eigenvalue weighted by molar-refractivity contribution is -0.143. The number of carboxylic acids is 1. The van der Waals surface area contributed by atoms with Crippen LogP contribution >= 0.6 is 0 Å². The molecule has 0 heterocycles. The minimum absolute atomic E-state index is 0.0291. The summed E-state index contributed by atoms with van der Waals surface area (Å²) < 4.78 is 0. The highest BCUT2D eigenvalue weighted by molar-refractivity contribution is 5.93. The highest BCUT2D eigenvalue weighted by Gasteiger charge is 2.30. The van der Waals surface area contributed by atoms with Gasteiger partial charge in [0, 0.05) is 6.54 Å². The van der Waals surface area contributed by atoms with Gasteiger partial charge in [-0.1, -0.05) is 0 Å². The number of nitrogens with two attached hydrogens (primary N) is 3. The second-order valence-electron chi connectivity index (χ2n) is 6.07. The number of amides is 3. The lowest BCUT2D eigenvalue weighted by Crippen LogP contribution is -2.58. The quantitative estimate of drug-likeness (QED) is 0.0897. The van der Waals surface area contributed by atoms with Crippen LogP contribution in [0.3, 0.4) is 0 Å². The number of nitrogens with one attached hydrogen (secondary N) is 3. The van der Waals surface area contributed by atoms with E-state index in [1.54, 1.807) is 0 Å². The molecule has 13 heteroatoms. The van der Waals surface area contributed by atoms with E-state index in [1.165, 1.54) is 13.8 Å². The van der Waals surface area contributed by atoms with Crippen molar-refractivity contribution in [2.24, 2.45) is 22.2 Å². The number of hydrogen-bond donors (Lipinski definition) is 8. The summed E-state index contributed by atoms with van der Waals surface area (Å²) in [4.78, 5) is 50.7. The second kappa shape index (κ2) is 12.5. The fourth-order valence-electron chi connectivity index (χ4n) is 2.07. The first kappa shape index (κ1) is 25.1. The average molecular weight is 403 g/mol. The van der Waals surface area contributed by atoms with E-state index in [0.717, 1.165) is 0 Å². The van der Waals surface area contributed by atoms with E-state index in [4.69, 9.17) is 17.2 Å². The van der Waals surface area contributed by atoms with Crippen LogP contribution < -0.4 is 33.2 Å². The molecule has 13 nitrogen and oxygen atoms in total. The Morgan fingerprint density at radius 1 is 1.04 bits per heavy atom. The summed E-state index contributed by atoms with van der Waals surface area (Å²) in [6.07, 6.45) is -1.01. The Hall–Kier alpha value is -2.93. The summed E-state index contributed by atoms with van der Waals surface area (Å²) in [7, 11) is 0. The van der Waals surface area contributed by atoms with Gasteiger partial charge in [0.1, 0.15) is 18.1 Å². The summed E-state index contributed by atoms with van der Waals surface area (Å²) in [6.45, 7) is 2.47. The summed E-state index contributed by atoms with van der Waals surface area (Å²) in [5.74, 6) is -3.65. The molecule has 0 aliphatic heterocycles. The van der Waals surface area contributed by atoms with Gasteiger partial charge in [-0.25, -0.2) is 4.79 Å². The SMILES string of the molecule is CC(NC(=O)CN)C(=O)NC(C(=O)NC(CCCN=C(N)N)C(=O)O)C(C)O. The van der Waals surface area contributed by atoms with Crippen LogP contribution in [0.2, 0.25) is 0 Å². The molecular weight excluding hydrogens is 374 g/mol. The number of guanidine groups is 1. The van der Waals surface area contributed by atoms with Gasteiger partial charge in [0.05, 0.1) is 12.6 Å². The van der Waals surface area contributed by atoms with Crippen molar-refractivity contribution in [2.45, 2.75) is 50.9 Å². The van der Waals surface area contributed by atoms with Crippen molar-refractivity contribution < 1.29 is 29.4 Å². The van der Waals surface area contributed by atoms with Crippen LogP contribution in [0.5, 0.6) is 0 Å².